The first kappa shape index (κ1) is 16.7. The molecular weight excluding hydrogens is 342 g/mol. The fourth-order valence-electron chi connectivity index (χ4n) is 3.01. The highest BCUT2D eigenvalue weighted by atomic mass is 16.2. The van der Waals surface area contributed by atoms with Crippen molar-refractivity contribution in [3.8, 4) is 5.69 Å². The largest absolute Gasteiger partial charge is 0.399 e. The molecule has 2 N–H and O–H groups in total. The number of hydrogen-bond donors (Lipinski definition) is 1. The Morgan fingerprint density at radius 1 is 0.889 bits per heavy atom. The number of aryl methyl sites for hydroxylation is 1. The molecule has 0 saturated carbocycles. The highest BCUT2D eigenvalue weighted by molar-refractivity contribution is 5.75. The van der Waals surface area contributed by atoms with E-state index in [0.717, 1.165) is 5.69 Å². The monoisotopic (exact) mass is 359 g/mol. The van der Waals surface area contributed by atoms with Crippen molar-refractivity contribution in [1.82, 2.24) is 19.1 Å². The molecule has 0 spiro atoms. The quantitative estimate of drug-likeness (QED) is 0.560. The van der Waals surface area contributed by atoms with Crippen LogP contribution >= 0.6 is 0 Å². The van der Waals surface area contributed by atoms with Crippen molar-refractivity contribution in [3.05, 3.63) is 93.5 Å². The van der Waals surface area contributed by atoms with Gasteiger partial charge in [0.15, 0.2) is 5.65 Å². The smallest absolute Gasteiger partial charge is 0.337 e. The van der Waals surface area contributed by atoms with Gasteiger partial charge in [-0.25, -0.2) is 14.3 Å². The molecule has 7 heteroatoms. The van der Waals surface area contributed by atoms with E-state index in [2.05, 4.69) is 9.97 Å². The van der Waals surface area contributed by atoms with Crippen molar-refractivity contribution in [3.63, 3.8) is 0 Å². The van der Waals surface area contributed by atoms with Crippen LogP contribution < -0.4 is 17.0 Å². The lowest BCUT2D eigenvalue weighted by Crippen LogP contribution is -2.40. The van der Waals surface area contributed by atoms with Crippen LogP contribution in [0.5, 0.6) is 0 Å². The van der Waals surface area contributed by atoms with Gasteiger partial charge in [-0.1, -0.05) is 6.07 Å². The molecule has 0 atom stereocenters. The van der Waals surface area contributed by atoms with Crippen molar-refractivity contribution < 1.29 is 0 Å². The topological polar surface area (TPSA) is 95.8 Å². The molecule has 1 aromatic carbocycles. The zero-order valence-corrected chi connectivity index (χ0v) is 14.4. The number of nitrogens with zero attached hydrogens (tertiary/aromatic N) is 4. The summed E-state index contributed by atoms with van der Waals surface area (Å²) >= 11 is 0. The van der Waals surface area contributed by atoms with E-state index >= 15 is 0 Å². The van der Waals surface area contributed by atoms with Crippen LogP contribution in [0.2, 0.25) is 0 Å². The van der Waals surface area contributed by atoms with E-state index in [1.807, 2.05) is 18.2 Å². The molecule has 4 rings (SSSR count). The summed E-state index contributed by atoms with van der Waals surface area (Å²) in [6.45, 7) is 0.231. The summed E-state index contributed by atoms with van der Waals surface area (Å²) in [4.78, 5) is 34.5. The van der Waals surface area contributed by atoms with E-state index in [4.69, 9.17) is 5.73 Å². The van der Waals surface area contributed by atoms with Gasteiger partial charge in [-0.05, 0) is 48.5 Å². The van der Waals surface area contributed by atoms with E-state index < -0.39 is 5.69 Å². The average Bonchev–Trinajstić information content (AvgIpc) is 2.70. The number of rotatable bonds is 4. The molecule has 0 unspecified atom stereocenters. The van der Waals surface area contributed by atoms with Gasteiger partial charge in [0.25, 0.3) is 5.56 Å². The Morgan fingerprint density at radius 2 is 1.67 bits per heavy atom. The molecule has 0 aliphatic rings. The standard InChI is InChI=1S/C20H17N5O2/c21-14-6-8-16(9-7-14)25-18-17(5-3-12-23-18)19(26)24(20(25)27)13-10-15-4-1-2-11-22-15/h1-9,11-12H,10,13,21H2. The number of fused-ring (bicyclic) bond motifs is 1. The maximum Gasteiger partial charge on any atom is 0.337 e. The van der Waals surface area contributed by atoms with E-state index in [9.17, 15) is 9.59 Å². The number of aromatic nitrogens is 4. The molecule has 0 aliphatic carbocycles. The van der Waals surface area contributed by atoms with Crippen LogP contribution in [0.15, 0.2) is 76.6 Å². The first-order chi connectivity index (χ1) is 13.1. The molecule has 27 heavy (non-hydrogen) atoms. The van der Waals surface area contributed by atoms with Gasteiger partial charge < -0.3 is 5.73 Å². The zero-order valence-electron chi connectivity index (χ0n) is 14.4. The minimum atomic E-state index is -0.438. The molecule has 4 aromatic rings. The number of pyridine rings is 2. The van der Waals surface area contributed by atoms with Crippen LogP contribution in [0.25, 0.3) is 16.7 Å². The van der Waals surface area contributed by atoms with Crippen LogP contribution in [0.4, 0.5) is 5.69 Å². The highest BCUT2D eigenvalue weighted by Crippen LogP contribution is 2.13. The van der Waals surface area contributed by atoms with Gasteiger partial charge in [0.1, 0.15) is 0 Å². The summed E-state index contributed by atoms with van der Waals surface area (Å²) in [7, 11) is 0. The number of benzene rings is 1. The van der Waals surface area contributed by atoms with E-state index in [-0.39, 0.29) is 12.1 Å². The van der Waals surface area contributed by atoms with E-state index in [0.29, 0.717) is 28.8 Å². The Morgan fingerprint density at radius 3 is 2.41 bits per heavy atom. The molecule has 134 valence electrons. The predicted molar refractivity (Wildman–Crippen MR) is 104 cm³/mol. The molecule has 0 radical (unpaired) electrons. The molecular formula is C20H17N5O2. The third kappa shape index (κ3) is 3.10. The van der Waals surface area contributed by atoms with E-state index in [1.54, 1.807) is 48.8 Å². The predicted octanol–water partition coefficient (Wildman–Crippen LogP) is 1.77. The van der Waals surface area contributed by atoms with Crippen molar-refractivity contribution in [1.29, 1.82) is 0 Å². The fourth-order valence-corrected chi connectivity index (χ4v) is 3.01. The van der Waals surface area contributed by atoms with Crippen LogP contribution in [-0.2, 0) is 13.0 Å². The first-order valence-corrected chi connectivity index (χ1v) is 8.51. The van der Waals surface area contributed by atoms with Crippen LogP contribution in [0.1, 0.15) is 5.69 Å². The Balaban J connectivity index is 1.90. The lowest BCUT2D eigenvalue weighted by molar-refractivity contribution is 0.612. The fraction of sp³-hybridized carbons (Fsp3) is 0.100. The van der Waals surface area contributed by atoms with Crippen molar-refractivity contribution >= 4 is 16.7 Å². The van der Waals surface area contributed by atoms with Crippen LogP contribution in [0, 0.1) is 0 Å². The number of anilines is 1. The van der Waals surface area contributed by atoms with Crippen molar-refractivity contribution in [2.24, 2.45) is 0 Å². The van der Waals surface area contributed by atoms with Gasteiger partial charge >= 0.3 is 5.69 Å². The summed E-state index contributed by atoms with van der Waals surface area (Å²) in [5.41, 5.74) is 7.29. The SMILES string of the molecule is Nc1ccc(-n2c(=O)n(CCc3ccccn3)c(=O)c3cccnc32)cc1. The summed E-state index contributed by atoms with van der Waals surface area (Å²) in [5.74, 6) is 0. The third-order valence-corrected chi connectivity index (χ3v) is 4.37. The van der Waals surface area contributed by atoms with Crippen molar-refractivity contribution in [2.75, 3.05) is 5.73 Å². The number of hydrogen-bond acceptors (Lipinski definition) is 5. The lowest BCUT2D eigenvalue weighted by atomic mass is 10.2. The Bertz CT molecular complexity index is 1210. The van der Waals surface area contributed by atoms with Gasteiger partial charge in [0.2, 0.25) is 0 Å². The summed E-state index contributed by atoms with van der Waals surface area (Å²) in [6.07, 6.45) is 3.73. The molecule has 0 fully saturated rings. The van der Waals surface area contributed by atoms with Crippen molar-refractivity contribution in [2.45, 2.75) is 13.0 Å². The maximum atomic E-state index is 13.1. The molecule has 0 amide bonds. The first-order valence-electron chi connectivity index (χ1n) is 8.51. The summed E-state index contributed by atoms with van der Waals surface area (Å²) in [6, 6.07) is 15.8. The second-order valence-electron chi connectivity index (χ2n) is 6.11. The lowest BCUT2D eigenvalue weighted by Gasteiger charge is -2.13. The minimum absolute atomic E-state index is 0.231. The van der Waals surface area contributed by atoms with Gasteiger partial charge in [-0.15, -0.1) is 0 Å². The normalized spacial score (nSPS) is 11.0. The second kappa shape index (κ2) is 6.87. The number of nitrogen functional groups attached to an aromatic ring is 1. The number of nitrogens with two attached hydrogens (primary N) is 1. The summed E-state index contributed by atoms with van der Waals surface area (Å²) in [5, 5.41) is 0.384. The second-order valence-corrected chi connectivity index (χ2v) is 6.11. The average molecular weight is 359 g/mol. The molecule has 3 aromatic heterocycles. The Hall–Kier alpha value is -3.74. The third-order valence-electron chi connectivity index (χ3n) is 4.37. The molecule has 0 aliphatic heterocycles. The molecule has 0 bridgehead atoms. The van der Waals surface area contributed by atoms with Gasteiger partial charge in [0.05, 0.1) is 11.1 Å². The molecule has 3 heterocycles. The Labute approximate surface area is 154 Å². The summed E-state index contributed by atoms with van der Waals surface area (Å²) < 4.78 is 2.67. The van der Waals surface area contributed by atoms with Gasteiger partial charge in [-0.3, -0.25) is 14.3 Å². The highest BCUT2D eigenvalue weighted by Gasteiger charge is 2.15. The maximum absolute atomic E-state index is 13.1. The van der Waals surface area contributed by atoms with Gasteiger partial charge in [-0.2, -0.15) is 0 Å². The Kier molecular flexibility index (Phi) is 4.25. The molecule has 7 nitrogen and oxygen atoms in total. The zero-order chi connectivity index (χ0) is 18.8. The minimum Gasteiger partial charge on any atom is -0.399 e. The van der Waals surface area contributed by atoms with Crippen LogP contribution in [-0.4, -0.2) is 19.1 Å². The van der Waals surface area contributed by atoms with Crippen LogP contribution in [0.3, 0.4) is 0 Å². The van der Waals surface area contributed by atoms with Gasteiger partial charge in [0, 0.05) is 36.7 Å². The molecule has 0 saturated heterocycles. The van der Waals surface area contributed by atoms with E-state index in [1.165, 1.54) is 9.13 Å².